The number of carbonyl (C=O) groups is 1. The van der Waals surface area contributed by atoms with Crippen molar-refractivity contribution in [2.45, 2.75) is 12.8 Å². The molecule has 0 saturated heterocycles. The molecular weight excluding hydrogens is 272 g/mol. The number of anilines is 2. The fourth-order valence-electron chi connectivity index (χ4n) is 1.45. The lowest BCUT2D eigenvalue weighted by Crippen LogP contribution is -2.07. The van der Waals surface area contributed by atoms with Crippen molar-refractivity contribution in [1.29, 1.82) is 0 Å². The van der Waals surface area contributed by atoms with Crippen molar-refractivity contribution in [2.75, 3.05) is 5.32 Å². The molecule has 6 heteroatoms. The first-order valence-electron chi connectivity index (χ1n) is 5.26. The Balaban J connectivity index is 2.29. The van der Waals surface area contributed by atoms with E-state index < -0.39 is 11.9 Å². The Morgan fingerprint density at radius 2 is 2.33 bits per heavy atom. The molecule has 0 saturated carbocycles. The van der Waals surface area contributed by atoms with Gasteiger partial charge in [-0.2, -0.15) is 0 Å². The van der Waals surface area contributed by atoms with Gasteiger partial charge in [-0.25, -0.2) is 4.98 Å². The molecule has 1 aromatic carbocycles. The number of thiazole rings is 1. The van der Waals surface area contributed by atoms with Crippen LogP contribution in [0.5, 0.6) is 0 Å². The molecule has 0 fully saturated rings. The predicted octanol–water partition coefficient (Wildman–Crippen LogP) is 3.73. The molecular formula is C12H11ClN2O2S. The Bertz CT molecular complexity index is 557. The van der Waals surface area contributed by atoms with Crippen molar-refractivity contribution in [2.24, 2.45) is 0 Å². The highest BCUT2D eigenvalue weighted by atomic mass is 35.5. The van der Waals surface area contributed by atoms with Crippen LogP contribution in [0.3, 0.4) is 0 Å². The van der Waals surface area contributed by atoms with Gasteiger partial charge in [0.25, 0.3) is 0 Å². The van der Waals surface area contributed by atoms with Crippen molar-refractivity contribution < 1.29 is 9.90 Å². The number of halogens is 1. The second-order valence-corrected chi connectivity index (χ2v) is 5.06. The molecule has 0 aliphatic rings. The maximum absolute atomic E-state index is 10.9. The van der Waals surface area contributed by atoms with Gasteiger partial charge in [-0.3, -0.25) is 4.79 Å². The molecule has 18 heavy (non-hydrogen) atoms. The summed E-state index contributed by atoms with van der Waals surface area (Å²) in [5, 5.41) is 15.2. The molecule has 2 aromatic rings. The van der Waals surface area contributed by atoms with E-state index in [2.05, 4.69) is 10.3 Å². The summed E-state index contributed by atoms with van der Waals surface area (Å²) < 4.78 is 0. The van der Waals surface area contributed by atoms with Crippen molar-refractivity contribution in [3.05, 3.63) is 40.4 Å². The first-order chi connectivity index (χ1) is 8.58. The fraction of sp³-hybridized carbons (Fsp3) is 0.167. The molecule has 0 bridgehead atoms. The summed E-state index contributed by atoms with van der Waals surface area (Å²) in [5.41, 5.74) is 1.36. The quantitative estimate of drug-likeness (QED) is 0.897. The van der Waals surface area contributed by atoms with Gasteiger partial charge in [0, 0.05) is 11.6 Å². The monoisotopic (exact) mass is 282 g/mol. The average Bonchev–Trinajstić information content (AvgIpc) is 2.84. The molecule has 94 valence electrons. The van der Waals surface area contributed by atoms with E-state index in [1.54, 1.807) is 31.3 Å². The Hall–Kier alpha value is -1.59. The van der Waals surface area contributed by atoms with E-state index in [9.17, 15) is 4.79 Å². The smallest absolute Gasteiger partial charge is 0.310 e. The topological polar surface area (TPSA) is 62.2 Å². The van der Waals surface area contributed by atoms with Crippen LogP contribution in [0.4, 0.5) is 10.8 Å². The molecule has 0 radical (unpaired) electrons. The lowest BCUT2D eigenvalue weighted by atomic mass is 10.0. The second kappa shape index (κ2) is 5.37. The number of carboxylic acids is 1. The molecule has 1 unspecified atom stereocenters. The van der Waals surface area contributed by atoms with Gasteiger partial charge in [0.05, 0.1) is 16.6 Å². The van der Waals surface area contributed by atoms with Gasteiger partial charge in [0.1, 0.15) is 0 Å². The summed E-state index contributed by atoms with van der Waals surface area (Å²) in [4.78, 5) is 15.0. The number of nitrogens with one attached hydrogen (secondary N) is 1. The van der Waals surface area contributed by atoms with Gasteiger partial charge in [-0.15, -0.1) is 11.3 Å². The maximum atomic E-state index is 10.9. The SMILES string of the molecule is CC(C(=O)O)c1ccc(Cl)c(Nc2nccs2)c1. The molecule has 2 rings (SSSR count). The molecule has 2 N–H and O–H groups in total. The molecule has 1 atom stereocenters. The minimum atomic E-state index is -0.863. The number of aromatic nitrogens is 1. The van der Waals surface area contributed by atoms with Crippen LogP contribution in [-0.4, -0.2) is 16.1 Å². The first-order valence-corrected chi connectivity index (χ1v) is 6.52. The van der Waals surface area contributed by atoms with Gasteiger partial charge < -0.3 is 10.4 Å². The van der Waals surface area contributed by atoms with E-state index in [4.69, 9.17) is 16.7 Å². The van der Waals surface area contributed by atoms with E-state index in [-0.39, 0.29) is 0 Å². The molecule has 0 spiro atoms. The van der Waals surface area contributed by atoms with Crippen LogP contribution >= 0.6 is 22.9 Å². The maximum Gasteiger partial charge on any atom is 0.310 e. The predicted molar refractivity (Wildman–Crippen MR) is 72.9 cm³/mol. The van der Waals surface area contributed by atoms with Gasteiger partial charge in [-0.05, 0) is 24.6 Å². The summed E-state index contributed by atoms with van der Waals surface area (Å²) in [6.07, 6.45) is 1.69. The van der Waals surface area contributed by atoms with Crippen LogP contribution in [0.1, 0.15) is 18.4 Å². The largest absolute Gasteiger partial charge is 0.481 e. The van der Waals surface area contributed by atoms with Gasteiger partial charge in [0.2, 0.25) is 0 Å². The highest BCUT2D eigenvalue weighted by molar-refractivity contribution is 7.13. The Morgan fingerprint density at radius 3 is 2.94 bits per heavy atom. The average molecular weight is 283 g/mol. The van der Waals surface area contributed by atoms with Gasteiger partial charge >= 0.3 is 5.97 Å². The van der Waals surface area contributed by atoms with Crippen LogP contribution in [0, 0.1) is 0 Å². The normalized spacial score (nSPS) is 12.1. The zero-order valence-corrected chi connectivity index (χ0v) is 11.1. The molecule has 0 amide bonds. The summed E-state index contributed by atoms with van der Waals surface area (Å²) in [7, 11) is 0. The summed E-state index contributed by atoms with van der Waals surface area (Å²) >= 11 is 7.51. The lowest BCUT2D eigenvalue weighted by Gasteiger charge is -2.11. The van der Waals surface area contributed by atoms with Crippen LogP contribution in [-0.2, 0) is 4.79 Å². The third-order valence-electron chi connectivity index (χ3n) is 2.53. The van der Waals surface area contributed by atoms with Gasteiger partial charge in [-0.1, -0.05) is 17.7 Å². The van der Waals surface area contributed by atoms with Crippen LogP contribution < -0.4 is 5.32 Å². The van der Waals surface area contributed by atoms with Gasteiger partial charge in [0.15, 0.2) is 5.13 Å². The second-order valence-electron chi connectivity index (χ2n) is 3.76. The number of aliphatic carboxylic acids is 1. The number of hydrogen-bond acceptors (Lipinski definition) is 4. The van der Waals surface area contributed by atoms with E-state index in [1.165, 1.54) is 11.3 Å². The first kappa shape index (κ1) is 12.9. The summed E-state index contributed by atoms with van der Waals surface area (Å²) in [5.74, 6) is -1.43. The number of benzene rings is 1. The molecule has 1 aromatic heterocycles. The number of rotatable bonds is 4. The minimum Gasteiger partial charge on any atom is -0.481 e. The van der Waals surface area contributed by atoms with Crippen molar-refractivity contribution in [3.63, 3.8) is 0 Å². The highest BCUT2D eigenvalue weighted by Crippen LogP contribution is 2.30. The van der Waals surface area contributed by atoms with E-state index in [1.807, 2.05) is 5.38 Å². The third kappa shape index (κ3) is 2.80. The Labute approximate surface area is 113 Å². The fourth-order valence-corrected chi connectivity index (χ4v) is 2.16. The number of carboxylic acid groups (broad SMARTS) is 1. The summed E-state index contributed by atoms with van der Waals surface area (Å²) in [6.45, 7) is 1.64. The van der Waals surface area contributed by atoms with E-state index >= 15 is 0 Å². The van der Waals surface area contributed by atoms with E-state index in [0.717, 1.165) is 5.13 Å². The minimum absolute atomic E-state index is 0.534. The zero-order valence-electron chi connectivity index (χ0n) is 9.55. The zero-order chi connectivity index (χ0) is 13.1. The summed E-state index contributed by atoms with van der Waals surface area (Å²) in [6, 6.07) is 5.14. The van der Waals surface area contributed by atoms with Crippen molar-refractivity contribution >= 4 is 39.7 Å². The Kier molecular flexibility index (Phi) is 3.84. The van der Waals surface area contributed by atoms with Crippen LogP contribution in [0.25, 0.3) is 0 Å². The van der Waals surface area contributed by atoms with E-state index in [0.29, 0.717) is 16.3 Å². The molecule has 1 heterocycles. The number of nitrogens with zero attached hydrogens (tertiary/aromatic N) is 1. The van der Waals surface area contributed by atoms with Crippen LogP contribution in [0.15, 0.2) is 29.8 Å². The standard InChI is InChI=1S/C12H11ClN2O2S/c1-7(11(16)17)8-2-3-9(13)10(6-8)15-12-14-4-5-18-12/h2-7H,1H3,(H,14,15)(H,16,17). The number of hydrogen-bond donors (Lipinski definition) is 2. The molecule has 0 aliphatic heterocycles. The third-order valence-corrected chi connectivity index (χ3v) is 3.55. The van der Waals surface area contributed by atoms with Crippen molar-refractivity contribution in [3.8, 4) is 0 Å². The Morgan fingerprint density at radius 1 is 1.56 bits per heavy atom. The molecule has 4 nitrogen and oxygen atoms in total. The highest BCUT2D eigenvalue weighted by Gasteiger charge is 2.15. The van der Waals surface area contributed by atoms with Crippen LogP contribution in [0.2, 0.25) is 5.02 Å². The lowest BCUT2D eigenvalue weighted by molar-refractivity contribution is -0.138. The molecule has 0 aliphatic carbocycles. The van der Waals surface area contributed by atoms with Crippen molar-refractivity contribution in [1.82, 2.24) is 4.98 Å².